The predicted octanol–water partition coefficient (Wildman–Crippen LogP) is 19.3. The second kappa shape index (κ2) is 21.0. The van der Waals surface area contributed by atoms with Gasteiger partial charge in [0, 0.05) is 65.1 Å². The van der Waals surface area contributed by atoms with Crippen LogP contribution in [0.1, 0.15) is 26.3 Å². The summed E-state index contributed by atoms with van der Waals surface area (Å²) in [6, 6.07) is 112. The Morgan fingerprint density at radius 1 is 0.302 bits per heavy atom. The van der Waals surface area contributed by atoms with Gasteiger partial charge in [0.2, 0.25) is 6.71 Å². The number of nitrogens with zero attached hydrogens (tertiary/aromatic N) is 3. The van der Waals surface area contributed by atoms with Gasteiger partial charge in [0.15, 0.2) is 0 Å². The zero-order valence-corrected chi connectivity index (χ0v) is 53.9. The van der Waals surface area contributed by atoms with Gasteiger partial charge in [-0.15, -0.1) is 0 Å². The van der Waals surface area contributed by atoms with Crippen LogP contribution in [0.3, 0.4) is 0 Å². The molecule has 5 nitrogen and oxygen atoms in total. The van der Waals surface area contributed by atoms with E-state index in [4.69, 9.17) is 9.47 Å². The molecule has 6 heterocycles. The average molecular weight is 1240 g/mol. The molecule has 96 heavy (non-hydrogen) atoms. The van der Waals surface area contributed by atoms with Crippen molar-refractivity contribution in [2.45, 2.75) is 36.0 Å². The highest BCUT2D eigenvalue weighted by molar-refractivity contribution is 8.00. The summed E-state index contributed by atoms with van der Waals surface area (Å²) in [6.07, 6.45) is 0. The maximum atomic E-state index is 7.38. The Morgan fingerprint density at radius 2 is 0.792 bits per heavy atom. The molecule has 0 N–H and O–H groups in total. The summed E-state index contributed by atoms with van der Waals surface area (Å²) in [4.78, 5) is 5.05. The van der Waals surface area contributed by atoms with Crippen molar-refractivity contribution in [1.82, 2.24) is 9.13 Å². The summed E-state index contributed by atoms with van der Waals surface area (Å²) in [5, 5.41) is 4.95. The number of ether oxygens (including phenoxy) is 2. The lowest BCUT2D eigenvalue weighted by molar-refractivity contribution is 0.465. The second-order valence-electron chi connectivity index (χ2n) is 27.1. The molecule has 450 valence electrons. The van der Waals surface area contributed by atoms with Crippen LogP contribution in [0, 0.1) is 0 Å². The van der Waals surface area contributed by atoms with Crippen molar-refractivity contribution in [3.05, 3.63) is 309 Å². The molecule has 0 saturated carbocycles. The molecule has 0 spiro atoms. The van der Waals surface area contributed by atoms with Gasteiger partial charge in [-0.2, -0.15) is 0 Å². The van der Waals surface area contributed by atoms with Gasteiger partial charge < -0.3 is 23.5 Å². The fraction of sp³-hybridized carbons (Fsp3) is 0.0455. The summed E-state index contributed by atoms with van der Waals surface area (Å²) in [7, 11) is 0. The van der Waals surface area contributed by atoms with E-state index < -0.39 is 0 Å². The van der Waals surface area contributed by atoms with Crippen molar-refractivity contribution in [2.24, 2.45) is 0 Å². The Morgan fingerprint density at radius 3 is 1.40 bits per heavy atom. The van der Waals surface area contributed by atoms with E-state index in [1.807, 2.05) is 11.8 Å². The number of anilines is 3. The number of para-hydroxylation sites is 4. The fourth-order valence-corrected chi connectivity index (χ4v) is 17.4. The van der Waals surface area contributed by atoms with E-state index in [0.717, 1.165) is 107 Å². The van der Waals surface area contributed by atoms with Crippen LogP contribution in [-0.4, -0.2) is 22.6 Å². The molecule has 0 bridgehead atoms. The third kappa shape index (κ3) is 8.41. The zero-order valence-electron chi connectivity index (χ0n) is 53.1. The van der Waals surface area contributed by atoms with Crippen LogP contribution in [0.25, 0.3) is 99.5 Å². The van der Waals surface area contributed by atoms with Crippen molar-refractivity contribution in [1.29, 1.82) is 0 Å². The quantitative estimate of drug-likeness (QED) is 0.149. The van der Waals surface area contributed by atoms with Crippen LogP contribution in [0.2, 0.25) is 0 Å². The largest absolute Gasteiger partial charge is 0.458 e. The molecule has 0 radical (unpaired) electrons. The summed E-state index contributed by atoms with van der Waals surface area (Å²) in [6.45, 7) is 6.69. The fourth-order valence-electron chi connectivity index (χ4n) is 16.2. The standard InChI is InChI=1S/C88H59B2N3O2S/c1-88(2,3)61-37-43-77(68(51-61)56-25-11-6-12-26-56)93-78-52-62(91-73-31-17-13-27-64(73)65-28-14-18-32-74(65)91)38-41-69(78)89-71-42-39-63(92-75-33-19-15-29-66(75)67-30-16-20-34-76(67)92)53-84(71)96-85-50-59(46-79(93)86(85)89)60-48-82-87-83(49-60)95-81-47-58(55-23-9-5-10-24-55)35-40-70(81)90(87)72-45-57(36-44-80(72)94-82)54-21-7-4-8-22-54/h4-53H,1-3H3. The van der Waals surface area contributed by atoms with Crippen LogP contribution in [0.5, 0.6) is 23.0 Å². The highest BCUT2D eigenvalue weighted by atomic mass is 32.2. The van der Waals surface area contributed by atoms with E-state index in [9.17, 15) is 0 Å². The smallest absolute Gasteiger partial charge is 0.260 e. The van der Waals surface area contributed by atoms with Crippen molar-refractivity contribution >= 4 is 119 Å². The number of hydrogen-bond acceptors (Lipinski definition) is 4. The number of benzene rings is 14. The van der Waals surface area contributed by atoms with Crippen LogP contribution in [0.4, 0.5) is 17.1 Å². The monoisotopic (exact) mass is 1240 g/mol. The van der Waals surface area contributed by atoms with Crippen molar-refractivity contribution < 1.29 is 9.47 Å². The van der Waals surface area contributed by atoms with Gasteiger partial charge in [-0.3, -0.25) is 0 Å². The molecular weight excluding hydrogens is 1180 g/mol. The summed E-state index contributed by atoms with van der Waals surface area (Å²) < 4.78 is 19.6. The molecule has 14 aromatic carbocycles. The lowest BCUT2D eigenvalue weighted by atomic mass is 9.34. The van der Waals surface area contributed by atoms with Crippen molar-refractivity contribution in [2.75, 3.05) is 4.90 Å². The molecule has 0 fully saturated rings. The number of aromatic nitrogens is 2. The van der Waals surface area contributed by atoms with Crippen molar-refractivity contribution in [3.8, 4) is 78.9 Å². The first-order valence-corrected chi connectivity index (χ1v) is 34.1. The van der Waals surface area contributed by atoms with Crippen LogP contribution >= 0.6 is 11.8 Å². The Labute approximate surface area is 562 Å². The van der Waals surface area contributed by atoms with Crippen LogP contribution in [-0.2, 0) is 5.41 Å². The maximum Gasteiger partial charge on any atom is 0.260 e. The van der Waals surface area contributed by atoms with Gasteiger partial charge in [0.1, 0.15) is 23.0 Å². The molecule has 0 amide bonds. The zero-order chi connectivity index (χ0) is 63.5. The lowest BCUT2D eigenvalue weighted by Gasteiger charge is -2.42. The van der Waals surface area contributed by atoms with E-state index in [0.29, 0.717) is 0 Å². The molecule has 0 aliphatic carbocycles. The Balaban J connectivity index is 0.851. The minimum atomic E-state index is -0.144. The third-order valence-electron chi connectivity index (χ3n) is 20.6. The van der Waals surface area contributed by atoms with E-state index in [-0.39, 0.29) is 18.8 Å². The first-order valence-electron chi connectivity index (χ1n) is 33.3. The minimum absolute atomic E-state index is 0.113. The number of rotatable bonds is 7. The van der Waals surface area contributed by atoms with E-state index in [1.54, 1.807) is 0 Å². The first-order chi connectivity index (χ1) is 47.2. The van der Waals surface area contributed by atoms with Gasteiger partial charge in [-0.1, -0.05) is 244 Å². The second-order valence-corrected chi connectivity index (χ2v) is 28.2. The van der Waals surface area contributed by atoms with E-state index >= 15 is 0 Å². The Kier molecular flexibility index (Phi) is 12.1. The van der Waals surface area contributed by atoms with Crippen molar-refractivity contribution in [3.63, 3.8) is 0 Å². The van der Waals surface area contributed by atoms with Gasteiger partial charge >= 0.3 is 0 Å². The molecule has 0 unspecified atom stereocenters. The predicted molar refractivity (Wildman–Crippen MR) is 403 cm³/mol. The van der Waals surface area contributed by atoms with Gasteiger partial charge in [0.05, 0.1) is 27.8 Å². The SMILES string of the molecule is CC(C)(C)c1ccc(N2c3cc(-n4c5ccccc5c5ccccc54)ccc3B3c4ccc(-n5c6ccccc6c6ccccc65)cc4Sc4cc(-c5cc6c7c(c5)Oc5ccc(-c8ccccc8)cc5B7c5ccc(-c7ccccc7)cc5O6)cc2c43)c(-c2ccccc2)c1. The molecule has 4 aliphatic heterocycles. The normalized spacial score (nSPS) is 13.2. The van der Waals surface area contributed by atoms with E-state index in [2.05, 4.69) is 338 Å². The first kappa shape index (κ1) is 55.1. The summed E-state index contributed by atoms with van der Waals surface area (Å²) in [5.74, 6) is 3.28. The molecule has 0 atom stereocenters. The van der Waals surface area contributed by atoms with Crippen LogP contribution < -0.4 is 47.2 Å². The average Bonchev–Trinajstić information content (AvgIpc) is 0.898. The summed E-state index contributed by atoms with van der Waals surface area (Å²) in [5.41, 5.74) is 27.5. The van der Waals surface area contributed by atoms with Crippen LogP contribution in [0.15, 0.2) is 313 Å². The number of fused-ring (bicyclic) bond motifs is 14. The summed E-state index contributed by atoms with van der Waals surface area (Å²) >= 11 is 1.89. The maximum absolute atomic E-state index is 7.38. The molecule has 0 saturated heterocycles. The Bertz CT molecular complexity index is 5840. The molecule has 8 heteroatoms. The molecule has 20 rings (SSSR count). The highest BCUT2D eigenvalue weighted by Gasteiger charge is 2.44. The highest BCUT2D eigenvalue weighted by Crippen LogP contribution is 2.50. The Hall–Kier alpha value is -11.4. The van der Waals surface area contributed by atoms with Gasteiger partial charge in [-0.25, -0.2) is 0 Å². The molecule has 16 aromatic rings. The molecule has 4 aliphatic rings. The van der Waals surface area contributed by atoms with Gasteiger partial charge in [-0.05, 0) is 169 Å². The number of hydrogen-bond donors (Lipinski definition) is 0. The topological polar surface area (TPSA) is 31.6 Å². The van der Waals surface area contributed by atoms with Gasteiger partial charge in [0.25, 0.3) is 6.71 Å². The van der Waals surface area contributed by atoms with E-state index in [1.165, 1.54) is 80.9 Å². The third-order valence-corrected chi connectivity index (χ3v) is 21.8. The molecule has 2 aromatic heterocycles. The minimum Gasteiger partial charge on any atom is -0.458 e. The lowest BCUT2D eigenvalue weighted by Crippen LogP contribution is -2.59. The molecular formula is C88H59B2N3O2S.